The zero-order valence-electron chi connectivity index (χ0n) is 26.3. The van der Waals surface area contributed by atoms with E-state index in [0.29, 0.717) is 29.8 Å². The van der Waals surface area contributed by atoms with Crippen LogP contribution in [0.1, 0.15) is 51.1 Å². The molecule has 258 valence electrons. The molecule has 7 atom stereocenters. The highest BCUT2D eigenvalue weighted by Gasteiger charge is 2.49. The van der Waals surface area contributed by atoms with Gasteiger partial charge in [0.25, 0.3) is 5.91 Å². The minimum atomic E-state index is -1.88. The molecule has 2 aliphatic heterocycles. The number of halogens is 1. The lowest BCUT2D eigenvalue weighted by Crippen LogP contribution is -2.60. The van der Waals surface area contributed by atoms with Gasteiger partial charge in [-0.25, -0.2) is 9.59 Å². The number of aliphatic hydroxyl groups excluding tert-OH is 4. The molecule has 6 rings (SSSR count). The molecule has 1 saturated heterocycles. The molecular weight excluding hydrogens is 658 g/mol. The van der Waals surface area contributed by atoms with Crippen LogP contribution in [0.3, 0.4) is 0 Å². The van der Waals surface area contributed by atoms with Crippen LogP contribution >= 0.6 is 11.6 Å². The van der Waals surface area contributed by atoms with Gasteiger partial charge < -0.3 is 44.3 Å². The van der Waals surface area contributed by atoms with Gasteiger partial charge in [-0.15, -0.1) is 0 Å². The predicted molar refractivity (Wildman–Crippen MR) is 174 cm³/mol. The lowest BCUT2D eigenvalue weighted by Gasteiger charge is -2.38. The Balaban J connectivity index is 1.12. The van der Waals surface area contributed by atoms with Crippen LogP contribution in [0.4, 0.5) is 0 Å². The van der Waals surface area contributed by atoms with Crippen LogP contribution in [0, 0.1) is 0 Å². The van der Waals surface area contributed by atoms with Crippen LogP contribution in [-0.2, 0) is 32.2 Å². The second kappa shape index (κ2) is 14.7. The third-order valence-corrected chi connectivity index (χ3v) is 9.30. The van der Waals surface area contributed by atoms with Crippen molar-refractivity contribution in [2.24, 2.45) is 0 Å². The summed E-state index contributed by atoms with van der Waals surface area (Å²) in [5.41, 5.74) is 3.56. The molecular formula is C36H36ClNO11. The molecule has 13 heteroatoms. The van der Waals surface area contributed by atoms with Crippen molar-refractivity contribution in [3.63, 3.8) is 0 Å². The molecule has 2 heterocycles. The van der Waals surface area contributed by atoms with Gasteiger partial charge in [-0.1, -0.05) is 48.5 Å². The largest absolute Gasteiger partial charge is 0.489 e. The monoisotopic (exact) mass is 693 g/mol. The Morgan fingerprint density at radius 1 is 0.980 bits per heavy atom. The van der Waals surface area contributed by atoms with E-state index < -0.39 is 48.7 Å². The number of fused-ring (bicyclic) bond motifs is 1. The Bertz CT molecular complexity index is 1750. The number of rotatable bonds is 10. The fourth-order valence-electron chi connectivity index (χ4n) is 6.36. The highest BCUT2D eigenvalue weighted by molar-refractivity contribution is 6.33. The third-order valence-electron chi connectivity index (χ3n) is 8.97. The summed E-state index contributed by atoms with van der Waals surface area (Å²) in [4.78, 5) is 40.2. The average molecular weight is 694 g/mol. The number of ether oxygens (including phenoxy) is 4. The Hall–Kier alpha value is -4.30. The van der Waals surface area contributed by atoms with Crippen molar-refractivity contribution in [2.75, 3.05) is 6.61 Å². The van der Waals surface area contributed by atoms with Crippen LogP contribution in [0.2, 0.25) is 5.02 Å². The number of hydrogen-bond acceptors (Lipinski definition) is 11. The van der Waals surface area contributed by atoms with Crippen molar-refractivity contribution < 1.29 is 53.8 Å². The summed E-state index contributed by atoms with van der Waals surface area (Å²) < 4.78 is 21.6. The fraction of sp³-hybridized carbons (Fsp3) is 0.361. The zero-order chi connectivity index (χ0) is 34.8. The van der Waals surface area contributed by atoms with Gasteiger partial charge in [-0.05, 0) is 77.9 Å². The Kier molecular flexibility index (Phi) is 10.3. The SMILES string of the molecule is C=CCOC(=O)[C@H]1OC(OC(=O)c2cc(-c3cccc(COc4ccc5c(c4)CN(C4CCCC4O)C5=O)c3)ccc2Cl)[C@H](O)[C@@H](O)[C@@H]1O. The molecule has 1 aliphatic carbocycles. The van der Waals surface area contributed by atoms with Gasteiger partial charge in [-0.2, -0.15) is 0 Å². The van der Waals surface area contributed by atoms with E-state index in [0.717, 1.165) is 29.5 Å². The number of amides is 1. The normalized spacial score (nSPS) is 26.3. The molecule has 12 nitrogen and oxygen atoms in total. The van der Waals surface area contributed by atoms with Crippen LogP contribution < -0.4 is 4.74 Å². The summed E-state index contributed by atoms with van der Waals surface area (Å²) >= 11 is 6.34. The minimum Gasteiger partial charge on any atom is -0.489 e. The number of aliphatic hydroxyl groups is 4. The van der Waals surface area contributed by atoms with E-state index in [1.807, 2.05) is 30.3 Å². The number of benzene rings is 3. The molecule has 0 spiro atoms. The molecule has 3 unspecified atom stereocenters. The second-order valence-electron chi connectivity index (χ2n) is 12.2. The molecule has 2 fully saturated rings. The highest BCUT2D eigenvalue weighted by atomic mass is 35.5. The van der Waals surface area contributed by atoms with Gasteiger partial charge in [-0.3, -0.25) is 4.79 Å². The van der Waals surface area contributed by atoms with E-state index in [1.54, 1.807) is 23.1 Å². The van der Waals surface area contributed by atoms with E-state index in [1.165, 1.54) is 18.2 Å². The smallest absolute Gasteiger partial charge is 0.342 e. The summed E-state index contributed by atoms with van der Waals surface area (Å²) in [7, 11) is 0. The van der Waals surface area contributed by atoms with Gasteiger partial charge in [0, 0.05) is 12.1 Å². The summed E-state index contributed by atoms with van der Waals surface area (Å²) in [5, 5.41) is 41.3. The Morgan fingerprint density at radius 2 is 1.78 bits per heavy atom. The Morgan fingerprint density at radius 3 is 2.53 bits per heavy atom. The molecule has 3 aliphatic rings. The highest BCUT2D eigenvalue weighted by Crippen LogP contribution is 2.34. The Labute approximate surface area is 287 Å². The molecule has 4 N–H and O–H groups in total. The molecule has 0 bridgehead atoms. The lowest BCUT2D eigenvalue weighted by molar-refractivity contribution is -0.279. The predicted octanol–water partition coefficient (Wildman–Crippen LogP) is 3.15. The number of esters is 2. The van der Waals surface area contributed by atoms with Gasteiger partial charge in [0.15, 0.2) is 6.10 Å². The molecule has 0 radical (unpaired) electrons. The van der Waals surface area contributed by atoms with E-state index in [-0.39, 0.29) is 35.7 Å². The minimum absolute atomic E-state index is 0.0390. The maximum absolute atomic E-state index is 13.2. The van der Waals surface area contributed by atoms with E-state index in [4.69, 9.17) is 30.5 Å². The van der Waals surface area contributed by atoms with E-state index in [9.17, 15) is 34.8 Å². The van der Waals surface area contributed by atoms with Crippen LogP contribution in [-0.4, -0.2) is 92.6 Å². The second-order valence-corrected chi connectivity index (χ2v) is 12.6. The summed E-state index contributed by atoms with van der Waals surface area (Å²) in [6, 6.07) is 17.3. The number of carbonyl (C=O) groups excluding carboxylic acids is 3. The molecule has 1 saturated carbocycles. The first-order chi connectivity index (χ1) is 23.5. The summed E-state index contributed by atoms with van der Waals surface area (Å²) in [5.74, 6) is -1.52. The van der Waals surface area contributed by atoms with E-state index >= 15 is 0 Å². The van der Waals surface area contributed by atoms with Crippen LogP contribution in [0.25, 0.3) is 11.1 Å². The van der Waals surface area contributed by atoms with Crippen molar-refractivity contribution in [2.45, 2.75) is 75.3 Å². The van der Waals surface area contributed by atoms with Crippen molar-refractivity contribution in [3.05, 3.63) is 101 Å². The number of carbonyl (C=O) groups is 3. The van der Waals surface area contributed by atoms with Crippen molar-refractivity contribution in [1.29, 1.82) is 0 Å². The quantitative estimate of drug-likeness (QED) is 0.182. The zero-order valence-corrected chi connectivity index (χ0v) is 27.1. The average Bonchev–Trinajstić information content (AvgIpc) is 3.67. The molecule has 49 heavy (non-hydrogen) atoms. The first kappa shape index (κ1) is 34.6. The summed E-state index contributed by atoms with van der Waals surface area (Å²) in [6.45, 7) is 3.89. The maximum atomic E-state index is 13.2. The third kappa shape index (κ3) is 7.20. The van der Waals surface area contributed by atoms with Crippen molar-refractivity contribution in [3.8, 4) is 16.9 Å². The van der Waals surface area contributed by atoms with Crippen LogP contribution in [0.15, 0.2) is 73.3 Å². The summed E-state index contributed by atoms with van der Waals surface area (Å²) in [6.07, 6.45) is -5.95. The first-order valence-electron chi connectivity index (χ1n) is 15.9. The number of nitrogens with zero attached hydrogens (tertiary/aromatic N) is 1. The standard InChI is InChI=1S/C36H36ClNO11/c1-2-13-46-35(45)32-30(41)29(40)31(42)36(48-32)49-34(44)25-16-21(9-12-26(25)37)20-6-3-5-19(14-20)18-47-23-10-11-24-22(15-23)17-38(33(24)43)27-7-4-8-28(27)39/h2-3,5-6,9-12,14-16,27-32,36,39-42H,1,4,7-8,13,17-18H2/t27?,28?,29-,30-,31+,32-,36?/m0/s1. The van der Waals surface area contributed by atoms with Crippen molar-refractivity contribution in [1.82, 2.24) is 4.90 Å². The van der Waals surface area contributed by atoms with E-state index in [2.05, 4.69) is 6.58 Å². The van der Waals surface area contributed by atoms with Gasteiger partial charge in [0.05, 0.1) is 22.7 Å². The number of hydrogen-bond donors (Lipinski definition) is 4. The van der Waals surface area contributed by atoms with Crippen molar-refractivity contribution >= 4 is 29.4 Å². The topological polar surface area (TPSA) is 172 Å². The van der Waals surface area contributed by atoms with Gasteiger partial charge in [0.2, 0.25) is 6.29 Å². The van der Waals surface area contributed by atoms with Gasteiger partial charge in [0.1, 0.15) is 37.3 Å². The molecule has 3 aromatic carbocycles. The lowest BCUT2D eigenvalue weighted by atomic mass is 9.99. The first-order valence-corrected chi connectivity index (χ1v) is 16.2. The molecule has 3 aromatic rings. The van der Waals surface area contributed by atoms with Gasteiger partial charge >= 0.3 is 11.9 Å². The maximum Gasteiger partial charge on any atom is 0.342 e. The van der Waals surface area contributed by atoms with Crippen LogP contribution in [0.5, 0.6) is 5.75 Å². The molecule has 0 aromatic heterocycles. The fourth-order valence-corrected chi connectivity index (χ4v) is 6.56. The molecule has 1 amide bonds.